The second-order valence-electron chi connectivity index (χ2n) is 8.14. The number of rotatable bonds is 5. The van der Waals surface area contributed by atoms with Crippen molar-refractivity contribution in [1.29, 1.82) is 0 Å². The third-order valence-corrected chi connectivity index (χ3v) is 9.96. The van der Waals surface area contributed by atoms with Gasteiger partial charge < -0.3 is 0 Å². The van der Waals surface area contributed by atoms with E-state index in [1.807, 2.05) is 0 Å². The second kappa shape index (κ2) is 9.12. The highest BCUT2D eigenvalue weighted by Crippen LogP contribution is 2.31. The van der Waals surface area contributed by atoms with Gasteiger partial charge in [0, 0.05) is 43.3 Å². The van der Waals surface area contributed by atoms with Crippen molar-refractivity contribution >= 4 is 30.9 Å². The van der Waals surface area contributed by atoms with E-state index in [9.17, 15) is 21.2 Å². The summed E-state index contributed by atoms with van der Waals surface area (Å²) in [4.78, 5) is 4.45. The number of fused-ring (bicyclic) bond motifs is 1. The molecule has 1 saturated heterocycles. The fourth-order valence-electron chi connectivity index (χ4n) is 4.27. The van der Waals surface area contributed by atoms with Crippen LogP contribution in [0.3, 0.4) is 0 Å². The summed E-state index contributed by atoms with van der Waals surface area (Å²) in [5.74, 6) is -0.409. The van der Waals surface area contributed by atoms with Gasteiger partial charge in [-0.25, -0.2) is 21.2 Å². The van der Waals surface area contributed by atoms with E-state index >= 15 is 0 Å². The summed E-state index contributed by atoms with van der Waals surface area (Å²) in [6.45, 7) is 0.0576. The molecule has 5 rings (SSSR count). The van der Waals surface area contributed by atoms with E-state index in [0.29, 0.717) is 22.0 Å². The molecule has 0 radical (unpaired) electrons. The molecule has 1 aliphatic rings. The van der Waals surface area contributed by atoms with Crippen LogP contribution in [0.15, 0.2) is 94.9 Å². The van der Waals surface area contributed by atoms with Crippen LogP contribution in [-0.2, 0) is 20.0 Å². The third kappa shape index (κ3) is 4.34. The molecule has 0 bridgehead atoms. The smallest absolute Gasteiger partial charge is 0.245 e. The van der Waals surface area contributed by atoms with E-state index in [-0.39, 0.29) is 36.0 Å². The van der Waals surface area contributed by atoms with E-state index in [2.05, 4.69) is 4.98 Å². The van der Waals surface area contributed by atoms with E-state index in [4.69, 9.17) is 0 Å². The molecule has 0 saturated carbocycles. The van der Waals surface area contributed by atoms with Crippen LogP contribution in [0.2, 0.25) is 0 Å². The topological polar surface area (TPSA) is 87.7 Å². The van der Waals surface area contributed by atoms with Crippen molar-refractivity contribution in [2.75, 3.05) is 26.2 Å². The lowest BCUT2D eigenvalue weighted by molar-refractivity contribution is 0.273. The van der Waals surface area contributed by atoms with Crippen molar-refractivity contribution in [1.82, 2.24) is 13.6 Å². The summed E-state index contributed by atoms with van der Waals surface area (Å²) < 4.78 is 69.8. The normalized spacial score (nSPS) is 15.9. The van der Waals surface area contributed by atoms with Gasteiger partial charge in [-0.1, -0.05) is 48.5 Å². The van der Waals surface area contributed by atoms with Gasteiger partial charge in [0.2, 0.25) is 20.0 Å². The number of para-hydroxylation sites is 1. The minimum Gasteiger partial charge on any atom is -0.255 e. The zero-order valence-corrected chi connectivity index (χ0v) is 20.2. The summed E-state index contributed by atoms with van der Waals surface area (Å²) in [7, 11) is -7.78. The van der Waals surface area contributed by atoms with E-state index in [1.165, 1.54) is 45.0 Å². The molecule has 3 aromatic carbocycles. The standard InChI is InChI=1S/C25H22FN3O4S2/c26-21-12-10-19(11-13-21)22-7-1-2-8-23(22)34(30,31)28-15-17-29(18-16-28)35(32,33)24-9-3-5-20-6-4-14-27-25(20)24/h1-14H,15-18H2. The molecule has 1 aromatic heterocycles. The number of hydrogen-bond acceptors (Lipinski definition) is 5. The zero-order chi connectivity index (χ0) is 24.6. The predicted octanol–water partition coefficient (Wildman–Crippen LogP) is 3.74. The Morgan fingerprint density at radius 1 is 0.657 bits per heavy atom. The third-order valence-electron chi connectivity index (χ3n) is 6.07. The maximum absolute atomic E-state index is 13.5. The molecule has 4 aromatic rings. The van der Waals surface area contributed by atoms with E-state index in [0.717, 1.165) is 0 Å². The molecule has 35 heavy (non-hydrogen) atoms. The minimum atomic E-state index is -3.91. The number of sulfonamides is 2. The molecule has 0 atom stereocenters. The number of halogens is 1. The lowest BCUT2D eigenvalue weighted by Crippen LogP contribution is -2.50. The van der Waals surface area contributed by atoms with Crippen LogP contribution in [-0.4, -0.2) is 56.6 Å². The van der Waals surface area contributed by atoms with Gasteiger partial charge in [0.1, 0.15) is 10.7 Å². The molecular weight excluding hydrogens is 489 g/mol. The van der Waals surface area contributed by atoms with Crippen molar-refractivity contribution in [3.63, 3.8) is 0 Å². The van der Waals surface area contributed by atoms with Gasteiger partial charge in [0.15, 0.2) is 0 Å². The van der Waals surface area contributed by atoms with Crippen LogP contribution in [0.4, 0.5) is 4.39 Å². The molecule has 0 aliphatic carbocycles. The lowest BCUT2D eigenvalue weighted by atomic mass is 10.1. The van der Waals surface area contributed by atoms with Gasteiger partial charge in [0.25, 0.3) is 0 Å². The van der Waals surface area contributed by atoms with Crippen LogP contribution in [0.1, 0.15) is 0 Å². The largest absolute Gasteiger partial charge is 0.255 e. The van der Waals surface area contributed by atoms with Crippen molar-refractivity contribution < 1.29 is 21.2 Å². The van der Waals surface area contributed by atoms with Crippen molar-refractivity contribution in [2.45, 2.75) is 9.79 Å². The summed E-state index contributed by atoms with van der Waals surface area (Å²) in [5.41, 5.74) is 1.43. The first-order valence-corrected chi connectivity index (χ1v) is 13.9. The molecule has 1 fully saturated rings. The maximum atomic E-state index is 13.5. The first-order valence-electron chi connectivity index (χ1n) is 11.0. The van der Waals surface area contributed by atoms with Crippen LogP contribution < -0.4 is 0 Å². The van der Waals surface area contributed by atoms with Crippen LogP contribution in [0.25, 0.3) is 22.0 Å². The molecule has 0 unspecified atom stereocenters. The molecule has 0 spiro atoms. The minimum absolute atomic E-state index is 0.0114. The highest BCUT2D eigenvalue weighted by molar-refractivity contribution is 7.89. The lowest BCUT2D eigenvalue weighted by Gasteiger charge is -2.33. The fraction of sp³-hybridized carbons (Fsp3) is 0.160. The Balaban J connectivity index is 1.41. The average molecular weight is 512 g/mol. The Morgan fingerprint density at radius 2 is 1.23 bits per heavy atom. The molecule has 180 valence electrons. The average Bonchev–Trinajstić information content (AvgIpc) is 2.89. The Labute approximate surface area is 203 Å². The Hall–Kier alpha value is -3.18. The molecule has 0 amide bonds. The number of pyridine rings is 1. The molecule has 10 heteroatoms. The summed E-state index contributed by atoms with van der Waals surface area (Å²) in [5, 5.41) is 0.715. The number of piperazine rings is 1. The van der Waals surface area contributed by atoms with Gasteiger partial charge in [-0.2, -0.15) is 8.61 Å². The SMILES string of the molecule is O=S(=O)(c1ccccc1-c1ccc(F)cc1)N1CCN(S(=O)(=O)c2cccc3cccnc23)CC1. The first kappa shape index (κ1) is 23.6. The Bertz CT molecular complexity index is 1590. The highest BCUT2D eigenvalue weighted by atomic mass is 32.2. The van der Waals surface area contributed by atoms with Crippen molar-refractivity contribution in [3.8, 4) is 11.1 Å². The zero-order valence-electron chi connectivity index (χ0n) is 18.6. The van der Waals surface area contributed by atoms with Crippen molar-refractivity contribution in [3.05, 3.63) is 90.9 Å². The highest BCUT2D eigenvalue weighted by Gasteiger charge is 2.35. The van der Waals surface area contributed by atoms with Gasteiger partial charge in [0.05, 0.1) is 10.4 Å². The molecule has 1 aliphatic heterocycles. The van der Waals surface area contributed by atoms with E-state index < -0.39 is 25.9 Å². The van der Waals surface area contributed by atoms with Gasteiger partial charge in [-0.15, -0.1) is 0 Å². The van der Waals surface area contributed by atoms with Crippen LogP contribution in [0.5, 0.6) is 0 Å². The molecule has 7 nitrogen and oxygen atoms in total. The molecule has 0 N–H and O–H groups in total. The van der Waals surface area contributed by atoms with Crippen molar-refractivity contribution in [2.24, 2.45) is 0 Å². The van der Waals surface area contributed by atoms with Gasteiger partial charge in [-0.3, -0.25) is 4.98 Å². The van der Waals surface area contributed by atoms with Gasteiger partial charge >= 0.3 is 0 Å². The molecular formula is C25H22FN3O4S2. The monoisotopic (exact) mass is 511 g/mol. The predicted molar refractivity (Wildman–Crippen MR) is 131 cm³/mol. The number of benzene rings is 3. The summed E-state index contributed by atoms with van der Waals surface area (Å²) >= 11 is 0. The summed E-state index contributed by atoms with van der Waals surface area (Å²) in [6, 6.07) is 20.7. The fourth-order valence-corrected chi connectivity index (χ4v) is 7.50. The van der Waals surface area contributed by atoms with E-state index in [1.54, 1.807) is 48.7 Å². The molecule has 2 heterocycles. The number of aromatic nitrogens is 1. The van der Waals surface area contributed by atoms with Gasteiger partial charge in [-0.05, 0) is 35.9 Å². The number of hydrogen-bond donors (Lipinski definition) is 0. The second-order valence-corrected chi connectivity index (χ2v) is 12.0. The number of nitrogens with zero attached hydrogens (tertiary/aromatic N) is 3. The quantitative estimate of drug-likeness (QED) is 0.407. The Morgan fingerprint density at radius 3 is 1.91 bits per heavy atom. The van der Waals surface area contributed by atoms with Crippen LogP contribution in [0, 0.1) is 5.82 Å². The first-order chi connectivity index (χ1) is 16.8. The van der Waals surface area contributed by atoms with Crippen LogP contribution >= 0.6 is 0 Å². The Kier molecular flexibility index (Phi) is 6.14. The maximum Gasteiger partial charge on any atom is 0.245 e. The summed E-state index contributed by atoms with van der Waals surface area (Å²) in [6.07, 6.45) is 1.55.